The molecule has 6 nitrogen and oxygen atoms in total. The number of hydrogen-bond donors (Lipinski definition) is 1. The van der Waals surface area contributed by atoms with Crippen LogP contribution in [0.2, 0.25) is 10.0 Å². The highest BCUT2D eigenvalue weighted by Crippen LogP contribution is 2.30. The summed E-state index contributed by atoms with van der Waals surface area (Å²) in [5.74, 6) is 0.913. The Morgan fingerprint density at radius 2 is 1.80 bits per heavy atom. The molecular weight excluding hydrogens is 715 g/mol. The van der Waals surface area contributed by atoms with Crippen LogP contribution in [0.15, 0.2) is 72.0 Å². The number of carbonyl (C=O) groups excluding carboxylic acids is 1. The molecule has 0 saturated carbocycles. The Labute approximate surface area is 239 Å². The third-order valence-corrected chi connectivity index (χ3v) is 6.95. The molecule has 178 valence electrons. The number of benzene rings is 3. The lowest BCUT2D eigenvalue weighted by molar-refractivity contribution is -0.123. The highest BCUT2D eigenvalue weighted by Gasteiger charge is 2.11. The minimum atomic E-state index is -0.377. The Morgan fingerprint density at radius 3 is 2.57 bits per heavy atom. The van der Waals surface area contributed by atoms with E-state index in [4.69, 9.17) is 32.7 Å². The molecule has 0 radical (unpaired) electrons. The van der Waals surface area contributed by atoms with E-state index in [0.29, 0.717) is 27.9 Å². The Morgan fingerprint density at radius 1 is 1.03 bits per heavy atom. The number of hydrogen-bond acceptors (Lipinski definition) is 5. The maximum atomic E-state index is 12.2. The number of nitrogens with one attached hydrogen (secondary N) is 1. The van der Waals surface area contributed by atoms with E-state index >= 15 is 0 Å². The Kier molecular flexibility index (Phi) is 9.04. The molecule has 0 aliphatic rings. The van der Waals surface area contributed by atoms with Gasteiger partial charge in [-0.1, -0.05) is 47.5 Å². The summed E-state index contributed by atoms with van der Waals surface area (Å²) in [6, 6.07) is 18.5. The van der Waals surface area contributed by atoms with Gasteiger partial charge in [0.2, 0.25) is 0 Å². The van der Waals surface area contributed by atoms with Crippen molar-refractivity contribution in [3.8, 4) is 11.5 Å². The molecule has 4 aromatic rings. The van der Waals surface area contributed by atoms with E-state index < -0.39 is 0 Å². The molecule has 10 heteroatoms. The normalized spacial score (nSPS) is 11.1. The average Bonchev–Trinajstić information content (AvgIpc) is 2.83. The van der Waals surface area contributed by atoms with Gasteiger partial charge in [0.1, 0.15) is 23.6 Å². The molecular formula is C25H17Cl2I2N3O3. The van der Waals surface area contributed by atoms with Crippen molar-refractivity contribution in [2.24, 2.45) is 5.10 Å². The zero-order chi connectivity index (χ0) is 24.8. The number of amides is 1. The second-order valence-electron chi connectivity index (χ2n) is 7.25. The minimum absolute atomic E-state index is 0.178. The average molecular weight is 732 g/mol. The summed E-state index contributed by atoms with van der Waals surface area (Å²) >= 11 is 16.6. The SMILES string of the molecule is O=C(COc1cccc2cccnc12)N/N=C/c1cc(I)c(OCc2ccc(Cl)cc2Cl)c(I)c1. The van der Waals surface area contributed by atoms with Gasteiger partial charge in [-0.2, -0.15) is 5.10 Å². The molecule has 0 aliphatic heterocycles. The summed E-state index contributed by atoms with van der Waals surface area (Å²) in [5, 5.41) is 6.12. The van der Waals surface area contributed by atoms with E-state index in [0.717, 1.165) is 29.4 Å². The number of ether oxygens (including phenoxy) is 2. The highest BCUT2D eigenvalue weighted by atomic mass is 127. The van der Waals surface area contributed by atoms with Crippen molar-refractivity contribution in [3.63, 3.8) is 0 Å². The maximum absolute atomic E-state index is 12.2. The number of carbonyl (C=O) groups is 1. The maximum Gasteiger partial charge on any atom is 0.277 e. The molecule has 0 aliphatic carbocycles. The third kappa shape index (κ3) is 6.96. The first-order chi connectivity index (χ1) is 16.9. The summed E-state index contributed by atoms with van der Waals surface area (Å²) in [6.45, 7) is 0.139. The van der Waals surface area contributed by atoms with Crippen LogP contribution in [-0.2, 0) is 11.4 Å². The van der Waals surface area contributed by atoms with Gasteiger partial charge in [0.25, 0.3) is 5.91 Å². The zero-order valence-corrected chi connectivity index (χ0v) is 23.8. The molecule has 0 unspecified atom stereocenters. The largest absolute Gasteiger partial charge is 0.487 e. The number of hydrazone groups is 1. The van der Waals surface area contributed by atoms with Crippen molar-refractivity contribution < 1.29 is 14.3 Å². The smallest absolute Gasteiger partial charge is 0.277 e. The number of para-hydroxylation sites is 1. The fourth-order valence-electron chi connectivity index (χ4n) is 3.13. The van der Waals surface area contributed by atoms with Crippen LogP contribution in [0.4, 0.5) is 0 Å². The van der Waals surface area contributed by atoms with E-state index in [-0.39, 0.29) is 12.5 Å². The van der Waals surface area contributed by atoms with Crippen LogP contribution in [0, 0.1) is 7.14 Å². The van der Waals surface area contributed by atoms with Gasteiger partial charge in [-0.05, 0) is 87.1 Å². The first kappa shape index (κ1) is 25.9. The van der Waals surface area contributed by atoms with Crippen molar-refractivity contribution in [3.05, 3.63) is 95.2 Å². The van der Waals surface area contributed by atoms with Crippen molar-refractivity contribution >= 4 is 91.4 Å². The molecule has 0 saturated heterocycles. The lowest BCUT2D eigenvalue weighted by atomic mass is 10.2. The second kappa shape index (κ2) is 12.2. The molecule has 3 aromatic carbocycles. The Bertz CT molecular complexity index is 1390. The highest BCUT2D eigenvalue weighted by molar-refractivity contribution is 14.1. The molecule has 1 heterocycles. The van der Waals surface area contributed by atoms with Crippen LogP contribution in [0.25, 0.3) is 10.9 Å². The number of fused-ring (bicyclic) bond motifs is 1. The standard InChI is InChI=1S/C25H17Cl2I2N3O3/c26-18-7-6-17(19(27)11-18)13-35-25-20(28)9-15(10-21(25)29)12-31-32-23(33)14-34-22-5-1-3-16-4-2-8-30-24(16)22/h1-12H,13-14H2,(H,32,33)/b31-12+. The molecule has 1 amide bonds. The van der Waals surface area contributed by atoms with Crippen LogP contribution >= 0.6 is 68.4 Å². The van der Waals surface area contributed by atoms with E-state index in [1.165, 1.54) is 0 Å². The van der Waals surface area contributed by atoms with Gasteiger partial charge >= 0.3 is 0 Å². The number of halogens is 4. The predicted octanol–water partition coefficient (Wildman–Crippen LogP) is 6.86. The Balaban J connectivity index is 1.33. The minimum Gasteiger partial charge on any atom is -0.487 e. The van der Waals surface area contributed by atoms with E-state index in [1.807, 2.05) is 42.5 Å². The summed E-state index contributed by atoms with van der Waals surface area (Å²) in [7, 11) is 0. The fourth-order valence-corrected chi connectivity index (χ4v) is 5.72. The van der Waals surface area contributed by atoms with Crippen LogP contribution in [0.5, 0.6) is 11.5 Å². The van der Waals surface area contributed by atoms with Crippen LogP contribution in [0.3, 0.4) is 0 Å². The zero-order valence-electron chi connectivity index (χ0n) is 18.0. The summed E-state index contributed by atoms with van der Waals surface area (Å²) in [6.07, 6.45) is 3.26. The van der Waals surface area contributed by atoms with Gasteiger partial charge in [-0.3, -0.25) is 9.78 Å². The molecule has 0 spiro atoms. The van der Waals surface area contributed by atoms with Crippen molar-refractivity contribution in [1.29, 1.82) is 0 Å². The van der Waals surface area contributed by atoms with Gasteiger partial charge in [-0.15, -0.1) is 0 Å². The number of rotatable bonds is 8. The second-order valence-corrected chi connectivity index (χ2v) is 10.4. The number of nitrogens with zero attached hydrogens (tertiary/aromatic N) is 2. The third-order valence-electron chi connectivity index (χ3n) is 4.77. The van der Waals surface area contributed by atoms with Crippen molar-refractivity contribution in [2.45, 2.75) is 6.61 Å². The monoisotopic (exact) mass is 731 g/mol. The van der Waals surface area contributed by atoms with Gasteiger partial charge in [0.15, 0.2) is 6.61 Å². The summed E-state index contributed by atoms with van der Waals surface area (Å²) in [5.41, 5.74) is 4.85. The van der Waals surface area contributed by atoms with E-state index in [2.05, 4.69) is 60.7 Å². The van der Waals surface area contributed by atoms with Crippen molar-refractivity contribution in [2.75, 3.05) is 6.61 Å². The number of pyridine rings is 1. The van der Waals surface area contributed by atoms with Crippen LogP contribution in [-0.4, -0.2) is 23.7 Å². The van der Waals surface area contributed by atoms with Crippen LogP contribution in [0.1, 0.15) is 11.1 Å². The summed E-state index contributed by atoms with van der Waals surface area (Å²) < 4.78 is 13.4. The molecule has 35 heavy (non-hydrogen) atoms. The quantitative estimate of drug-likeness (QED) is 0.122. The Hall–Kier alpha value is -2.15. The van der Waals surface area contributed by atoms with Gasteiger partial charge in [0, 0.05) is 27.2 Å². The lowest BCUT2D eigenvalue weighted by Gasteiger charge is -2.12. The van der Waals surface area contributed by atoms with E-state index in [1.54, 1.807) is 30.6 Å². The first-order valence-electron chi connectivity index (χ1n) is 10.2. The molecule has 0 fully saturated rings. The summed E-state index contributed by atoms with van der Waals surface area (Å²) in [4.78, 5) is 16.5. The predicted molar refractivity (Wildman–Crippen MR) is 156 cm³/mol. The molecule has 0 atom stereocenters. The van der Waals surface area contributed by atoms with Gasteiger partial charge in [0.05, 0.1) is 13.4 Å². The van der Waals surface area contributed by atoms with Gasteiger partial charge < -0.3 is 9.47 Å². The molecule has 1 aromatic heterocycles. The lowest BCUT2D eigenvalue weighted by Crippen LogP contribution is -2.24. The topological polar surface area (TPSA) is 72.8 Å². The van der Waals surface area contributed by atoms with Crippen LogP contribution < -0.4 is 14.9 Å². The van der Waals surface area contributed by atoms with E-state index in [9.17, 15) is 4.79 Å². The molecule has 4 rings (SSSR count). The van der Waals surface area contributed by atoms with Crippen molar-refractivity contribution in [1.82, 2.24) is 10.4 Å². The molecule has 1 N–H and O–H groups in total. The first-order valence-corrected chi connectivity index (χ1v) is 13.2. The number of aromatic nitrogens is 1. The molecule has 0 bridgehead atoms. The fraction of sp³-hybridized carbons (Fsp3) is 0.0800. The van der Waals surface area contributed by atoms with Gasteiger partial charge in [-0.25, -0.2) is 5.43 Å².